The third-order valence-electron chi connectivity index (χ3n) is 4.74. The molecule has 0 spiro atoms. The Morgan fingerprint density at radius 2 is 2.00 bits per heavy atom. The van der Waals surface area contributed by atoms with E-state index in [9.17, 15) is 0 Å². The van der Waals surface area contributed by atoms with Gasteiger partial charge in [-0.15, -0.1) is 0 Å². The maximum atomic E-state index is 2.72. The molecule has 1 aromatic carbocycles. The lowest BCUT2D eigenvalue weighted by atomic mass is 9.76. The second-order valence-corrected chi connectivity index (χ2v) is 5.77. The van der Waals surface area contributed by atoms with E-state index in [1.165, 1.54) is 25.9 Å². The van der Waals surface area contributed by atoms with Crippen LogP contribution in [0.1, 0.15) is 38.2 Å². The van der Waals surface area contributed by atoms with Gasteiger partial charge in [0.15, 0.2) is 0 Å². The fraction of sp³-hybridized carbons (Fsp3) is 0.600. The van der Waals surface area contributed by atoms with Crippen LogP contribution in [0, 0.1) is 5.92 Å². The van der Waals surface area contributed by atoms with Crippen molar-refractivity contribution in [3.63, 3.8) is 0 Å². The summed E-state index contributed by atoms with van der Waals surface area (Å²) in [6, 6.07) is 11.1. The Bertz CT molecular complexity index is 372. The molecule has 2 fully saturated rings. The van der Waals surface area contributed by atoms with Gasteiger partial charge in [-0.25, -0.2) is 0 Å². The summed E-state index contributed by atoms with van der Waals surface area (Å²) in [7, 11) is 0. The molecule has 0 unspecified atom stereocenters. The van der Waals surface area contributed by atoms with E-state index in [-0.39, 0.29) is 0 Å². The third-order valence-corrected chi connectivity index (χ3v) is 4.74. The van der Waals surface area contributed by atoms with Crippen molar-refractivity contribution in [2.24, 2.45) is 5.92 Å². The molecule has 86 valence electrons. The Morgan fingerprint density at radius 1 is 1.25 bits per heavy atom. The highest BCUT2D eigenvalue weighted by molar-refractivity contribution is 5.28. The molecule has 0 saturated carbocycles. The molecule has 1 heteroatoms. The minimum Gasteiger partial charge on any atom is -0.297 e. The van der Waals surface area contributed by atoms with Crippen LogP contribution < -0.4 is 0 Å². The van der Waals surface area contributed by atoms with Crippen LogP contribution in [0.3, 0.4) is 0 Å². The minimum absolute atomic E-state index is 0.431. The average Bonchev–Trinajstić information content (AvgIpc) is 2.72. The van der Waals surface area contributed by atoms with Crippen LogP contribution >= 0.6 is 0 Å². The molecular weight excluding hydrogens is 194 g/mol. The Morgan fingerprint density at radius 3 is 2.75 bits per heavy atom. The summed E-state index contributed by atoms with van der Waals surface area (Å²) in [6.07, 6.45) is 2.75. The Labute approximate surface area is 98.5 Å². The summed E-state index contributed by atoms with van der Waals surface area (Å²) in [5.74, 6) is 1.53. The van der Waals surface area contributed by atoms with Crippen LogP contribution in [0.15, 0.2) is 30.3 Å². The van der Waals surface area contributed by atoms with Gasteiger partial charge in [0.1, 0.15) is 0 Å². The number of benzene rings is 1. The fourth-order valence-electron chi connectivity index (χ4n) is 4.11. The number of hydrogen-bond donors (Lipinski definition) is 0. The van der Waals surface area contributed by atoms with E-state index in [0.29, 0.717) is 5.54 Å². The van der Waals surface area contributed by atoms with Crippen molar-refractivity contribution in [2.75, 3.05) is 13.1 Å². The number of fused-ring (bicyclic) bond motifs is 1. The summed E-state index contributed by atoms with van der Waals surface area (Å²) in [5, 5.41) is 0. The van der Waals surface area contributed by atoms with Crippen LogP contribution in [-0.4, -0.2) is 23.5 Å². The van der Waals surface area contributed by atoms with E-state index in [0.717, 1.165) is 11.8 Å². The first-order chi connectivity index (χ1) is 7.72. The Balaban J connectivity index is 2.00. The van der Waals surface area contributed by atoms with Crippen molar-refractivity contribution in [1.82, 2.24) is 4.90 Å². The fourth-order valence-corrected chi connectivity index (χ4v) is 4.11. The van der Waals surface area contributed by atoms with Gasteiger partial charge in [-0.05, 0) is 37.8 Å². The van der Waals surface area contributed by atoms with Gasteiger partial charge in [0.25, 0.3) is 0 Å². The molecule has 2 aliphatic rings. The predicted molar refractivity (Wildman–Crippen MR) is 67.6 cm³/mol. The molecule has 0 amide bonds. The van der Waals surface area contributed by atoms with Crippen molar-refractivity contribution in [3.05, 3.63) is 35.9 Å². The van der Waals surface area contributed by atoms with Gasteiger partial charge in [-0.3, -0.25) is 4.90 Å². The zero-order chi connectivity index (χ0) is 11.2. The van der Waals surface area contributed by atoms with Crippen LogP contribution in [0.5, 0.6) is 0 Å². The quantitative estimate of drug-likeness (QED) is 0.695. The second kappa shape index (κ2) is 3.59. The normalized spacial score (nSPS) is 38.9. The highest BCUT2D eigenvalue weighted by Crippen LogP contribution is 2.50. The first kappa shape index (κ1) is 10.3. The summed E-state index contributed by atoms with van der Waals surface area (Å²) in [5.41, 5.74) is 1.97. The van der Waals surface area contributed by atoms with Gasteiger partial charge >= 0.3 is 0 Å². The molecule has 3 rings (SSSR count). The first-order valence-electron chi connectivity index (χ1n) is 6.52. The highest BCUT2D eigenvalue weighted by atomic mass is 15.2. The number of hydrogen-bond acceptors (Lipinski definition) is 1. The van der Waals surface area contributed by atoms with E-state index < -0.39 is 0 Å². The van der Waals surface area contributed by atoms with E-state index in [2.05, 4.69) is 49.1 Å². The first-order valence-corrected chi connectivity index (χ1v) is 6.52. The van der Waals surface area contributed by atoms with Crippen LogP contribution in [-0.2, 0) is 0 Å². The van der Waals surface area contributed by atoms with Gasteiger partial charge in [-0.1, -0.05) is 37.3 Å². The summed E-state index contributed by atoms with van der Waals surface area (Å²) >= 11 is 0. The average molecular weight is 215 g/mol. The number of rotatable bonds is 1. The van der Waals surface area contributed by atoms with Gasteiger partial charge in [0.2, 0.25) is 0 Å². The molecule has 0 bridgehead atoms. The summed E-state index contributed by atoms with van der Waals surface area (Å²) < 4.78 is 0. The largest absolute Gasteiger partial charge is 0.297 e. The molecule has 3 atom stereocenters. The lowest BCUT2D eigenvalue weighted by Gasteiger charge is -2.34. The molecule has 0 aromatic heterocycles. The molecule has 2 saturated heterocycles. The van der Waals surface area contributed by atoms with Crippen LogP contribution in [0.25, 0.3) is 0 Å². The standard InChI is InChI=1S/C15H21N/c1-12-11-16-10-6-9-15(16,2)14(12)13-7-4-3-5-8-13/h3-5,7-8,12,14H,6,9-11H2,1-2H3/t12-,14-,15+/m0/s1. The van der Waals surface area contributed by atoms with E-state index in [4.69, 9.17) is 0 Å². The predicted octanol–water partition coefficient (Wildman–Crippen LogP) is 3.27. The van der Waals surface area contributed by atoms with E-state index in [1.807, 2.05) is 0 Å². The van der Waals surface area contributed by atoms with Crippen molar-refractivity contribution in [1.29, 1.82) is 0 Å². The molecule has 16 heavy (non-hydrogen) atoms. The van der Waals surface area contributed by atoms with Gasteiger partial charge < -0.3 is 0 Å². The number of nitrogens with zero attached hydrogens (tertiary/aromatic N) is 1. The minimum atomic E-state index is 0.431. The van der Waals surface area contributed by atoms with Crippen molar-refractivity contribution < 1.29 is 0 Å². The molecule has 1 aromatic rings. The maximum Gasteiger partial charge on any atom is 0.0253 e. The second-order valence-electron chi connectivity index (χ2n) is 5.77. The highest BCUT2D eigenvalue weighted by Gasteiger charge is 2.51. The van der Waals surface area contributed by atoms with Gasteiger partial charge in [-0.2, -0.15) is 0 Å². The van der Waals surface area contributed by atoms with Crippen molar-refractivity contribution in [2.45, 2.75) is 38.1 Å². The van der Waals surface area contributed by atoms with Crippen molar-refractivity contribution >= 4 is 0 Å². The van der Waals surface area contributed by atoms with Gasteiger partial charge in [0, 0.05) is 18.0 Å². The lowest BCUT2D eigenvalue weighted by Crippen LogP contribution is -2.38. The smallest absolute Gasteiger partial charge is 0.0253 e. The molecular formula is C15H21N. The molecule has 1 nitrogen and oxygen atoms in total. The van der Waals surface area contributed by atoms with Crippen LogP contribution in [0.2, 0.25) is 0 Å². The third kappa shape index (κ3) is 1.34. The van der Waals surface area contributed by atoms with Crippen LogP contribution in [0.4, 0.5) is 0 Å². The topological polar surface area (TPSA) is 3.24 Å². The van der Waals surface area contributed by atoms with E-state index in [1.54, 1.807) is 5.56 Å². The monoisotopic (exact) mass is 215 g/mol. The zero-order valence-electron chi connectivity index (χ0n) is 10.3. The van der Waals surface area contributed by atoms with E-state index >= 15 is 0 Å². The Kier molecular flexibility index (Phi) is 2.32. The SMILES string of the molecule is C[C@H]1CN2CCC[C@]2(C)[C@@H]1c1ccccc1. The molecule has 0 aliphatic carbocycles. The summed E-state index contributed by atoms with van der Waals surface area (Å²) in [6.45, 7) is 7.49. The molecule has 2 aliphatic heterocycles. The molecule has 0 N–H and O–H groups in total. The lowest BCUT2D eigenvalue weighted by molar-refractivity contribution is 0.201. The Hall–Kier alpha value is -0.820. The summed E-state index contributed by atoms with van der Waals surface area (Å²) in [4.78, 5) is 2.72. The van der Waals surface area contributed by atoms with Gasteiger partial charge in [0.05, 0.1) is 0 Å². The molecule has 0 radical (unpaired) electrons. The van der Waals surface area contributed by atoms with Crippen molar-refractivity contribution in [3.8, 4) is 0 Å². The maximum absolute atomic E-state index is 2.72. The molecule has 2 heterocycles. The zero-order valence-corrected chi connectivity index (χ0v) is 10.3.